The highest BCUT2D eigenvalue weighted by molar-refractivity contribution is 5.43. The molecule has 1 aliphatic rings. The SMILES string of the molecule is CCOc1ccc(CNCC2CC2)cc1OCC. The maximum absolute atomic E-state index is 5.62. The first-order valence-corrected chi connectivity index (χ1v) is 6.92. The van der Waals surface area contributed by atoms with Gasteiger partial charge in [-0.25, -0.2) is 0 Å². The predicted octanol–water partition coefficient (Wildman–Crippen LogP) is 2.98. The predicted molar refractivity (Wildman–Crippen MR) is 73.2 cm³/mol. The summed E-state index contributed by atoms with van der Waals surface area (Å²) in [6, 6.07) is 6.18. The van der Waals surface area contributed by atoms with Gasteiger partial charge in [-0.1, -0.05) is 6.07 Å². The standard InChI is InChI=1S/C15H23NO2/c1-3-17-14-8-7-13(9-15(14)18-4-2)11-16-10-12-5-6-12/h7-9,12,16H,3-6,10-11H2,1-2H3. The molecule has 1 saturated carbocycles. The fourth-order valence-electron chi connectivity index (χ4n) is 1.95. The second-order valence-electron chi connectivity index (χ2n) is 4.72. The summed E-state index contributed by atoms with van der Waals surface area (Å²) in [5.41, 5.74) is 1.25. The van der Waals surface area contributed by atoms with Crippen molar-refractivity contribution in [3.63, 3.8) is 0 Å². The lowest BCUT2D eigenvalue weighted by Crippen LogP contribution is -2.16. The van der Waals surface area contributed by atoms with Crippen molar-refractivity contribution in [3.8, 4) is 11.5 Å². The molecule has 18 heavy (non-hydrogen) atoms. The lowest BCUT2D eigenvalue weighted by atomic mass is 10.2. The fraction of sp³-hybridized carbons (Fsp3) is 0.600. The van der Waals surface area contributed by atoms with Gasteiger partial charge in [-0.3, -0.25) is 0 Å². The molecule has 0 radical (unpaired) electrons. The van der Waals surface area contributed by atoms with Gasteiger partial charge in [0.15, 0.2) is 11.5 Å². The van der Waals surface area contributed by atoms with Crippen LogP contribution in [-0.2, 0) is 6.54 Å². The minimum absolute atomic E-state index is 0.666. The van der Waals surface area contributed by atoms with E-state index in [1.807, 2.05) is 19.9 Å². The van der Waals surface area contributed by atoms with E-state index in [2.05, 4.69) is 17.4 Å². The molecule has 1 aromatic carbocycles. The zero-order valence-corrected chi connectivity index (χ0v) is 11.4. The van der Waals surface area contributed by atoms with Gasteiger partial charge < -0.3 is 14.8 Å². The zero-order chi connectivity index (χ0) is 12.8. The van der Waals surface area contributed by atoms with Gasteiger partial charge in [-0.15, -0.1) is 0 Å². The molecule has 0 spiro atoms. The van der Waals surface area contributed by atoms with E-state index in [1.54, 1.807) is 0 Å². The second-order valence-corrected chi connectivity index (χ2v) is 4.72. The van der Waals surface area contributed by atoms with Gasteiger partial charge in [0, 0.05) is 6.54 Å². The Kier molecular flexibility index (Phi) is 4.88. The summed E-state index contributed by atoms with van der Waals surface area (Å²) >= 11 is 0. The topological polar surface area (TPSA) is 30.5 Å². The maximum atomic E-state index is 5.62. The molecular formula is C15H23NO2. The van der Waals surface area contributed by atoms with Crippen molar-refractivity contribution in [1.29, 1.82) is 0 Å². The summed E-state index contributed by atoms with van der Waals surface area (Å²) in [5, 5.41) is 3.49. The highest BCUT2D eigenvalue weighted by Crippen LogP contribution is 2.29. The largest absolute Gasteiger partial charge is 0.490 e. The molecule has 0 unspecified atom stereocenters. The highest BCUT2D eigenvalue weighted by Gasteiger charge is 2.20. The quantitative estimate of drug-likeness (QED) is 0.768. The second kappa shape index (κ2) is 6.64. The Bertz CT molecular complexity index is 375. The van der Waals surface area contributed by atoms with Crippen molar-refractivity contribution in [2.45, 2.75) is 33.2 Å². The van der Waals surface area contributed by atoms with Crippen molar-refractivity contribution >= 4 is 0 Å². The lowest BCUT2D eigenvalue weighted by molar-refractivity contribution is 0.287. The number of nitrogens with one attached hydrogen (secondary N) is 1. The monoisotopic (exact) mass is 249 g/mol. The Hall–Kier alpha value is -1.22. The van der Waals surface area contributed by atoms with Crippen LogP contribution in [0.4, 0.5) is 0 Å². The normalized spacial score (nSPS) is 14.6. The minimum atomic E-state index is 0.666. The number of rotatable bonds is 8. The van der Waals surface area contributed by atoms with Crippen molar-refractivity contribution in [3.05, 3.63) is 23.8 Å². The minimum Gasteiger partial charge on any atom is -0.490 e. The molecule has 0 aromatic heterocycles. The van der Waals surface area contributed by atoms with Gasteiger partial charge in [0.1, 0.15) is 0 Å². The Morgan fingerprint density at radius 3 is 2.50 bits per heavy atom. The Balaban J connectivity index is 1.94. The lowest BCUT2D eigenvalue weighted by Gasteiger charge is -2.12. The van der Waals surface area contributed by atoms with Crippen LogP contribution >= 0.6 is 0 Å². The summed E-state index contributed by atoms with van der Waals surface area (Å²) in [4.78, 5) is 0. The summed E-state index contributed by atoms with van der Waals surface area (Å²) < 4.78 is 11.2. The maximum Gasteiger partial charge on any atom is 0.161 e. The number of benzene rings is 1. The molecule has 0 aliphatic heterocycles. The molecular weight excluding hydrogens is 226 g/mol. The van der Waals surface area contributed by atoms with Crippen LogP contribution in [0.25, 0.3) is 0 Å². The average molecular weight is 249 g/mol. The van der Waals surface area contributed by atoms with Gasteiger partial charge in [0.2, 0.25) is 0 Å². The van der Waals surface area contributed by atoms with E-state index in [0.29, 0.717) is 13.2 Å². The molecule has 0 amide bonds. The van der Waals surface area contributed by atoms with Crippen LogP contribution in [0.3, 0.4) is 0 Å². The molecule has 1 aromatic rings. The molecule has 1 aliphatic carbocycles. The molecule has 3 heteroatoms. The van der Waals surface area contributed by atoms with E-state index in [4.69, 9.17) is 9.47 Å². The van der Waals surface area contributed by atoms with E-state index in [0.717, 1.165) is 30.5 Å². The van der Waals surface area contributed by atoms with E-state index in [9.17, 15) is 0 Å². The zero-order valence-electron chi connectivity index (χ0n) is 11.4. The van der Waals surface area contributed by atoms with Crippen LogP contribution in [0.1, 0.15) is 32.3 Å². The van der Waals surface area contributed by atoms with Crippen LogP contribution < -0.4 is 14.8 Å². The van der Waals surface area contributed by atoms with Crippen LogP contribution in [-0.4, -0.2) is 19.8 Å². The van der Waals surface area contributed by atoms with E-state index in [-0.39, 0.29) is 0 Å². The third-order valence-electron chi connectivity index (χ3n) is 3.07. The first-order valence-electron chi connectivity index (χ1n) is 6.92. The van der Waals surface area contributed by atoms with Gasteiger partial charge in [-0.05, 0) is 56.8 Å². The third-order valence-corrected chi connectivity index (χ3v) is 3.07. The molecule has 3 nitrogen and oxygen atoms in total. The number of hydrogen-bond acceptors (Lipinski definition) is 3. The Morgan fingerprint density at radius 2 is 1.83 bits per heavy atom. The summed E-state index contributed by atoms with van der Waals surface area (Å²) in [7, 11) is 0. The van der Waals surface area contributed by atoms with Crippen LogP contribution in [0.15, 0.2) is 18.2 Å². The van der Waals surface area contributed by atoms with Crippen LogP contribution in [0, 0.1) is 5.92 Å². The van der Waals surface area contributed by atoms with E-state index >= 15 is 0 Å². The van der Waals surface area contributed by atoms with E-state index < -0.39 is 0 Å². The molecule has 1 fully saturated rings. The van der Waals surface area contributed by atoms with Crippen molar-refractivity contribution in [2.75, 3.05) is 19.8 Å². The summed E-state index contributed by atoms with van der Waals surface area (Å²) in [5.74, 6) is 2.61. The Labute approximate surface area is 109 Å². The van der Waals surface area contributed by atoms with Crippen molar-refractivity contribution < 1.29 is 9.47 Å². The molecule has 0 heterocycles. The molecule has 0 saturated heterocycles. The number of ether oxygens (including phenoxy) is 2. The van der Waals surface area contributed by atoms with Crippen molar-refractivity contribution in [2.24, 2.45) is 5.92 Å². The van der Waals surface area contributed by atoms with Gasteiger partial charge >= 0.3 is 0 Å². The third kappa shape index (κ3) is 3.91. The smallest absolute Gasteiger partial charge is 0.161 e. The van der Waals surface area contributed by atoms with Crippen LogP contribution in [0.5, 0.6) is 11.5 Å². The first kappa shape index (κ1) is 13.2. The average Bonchev–Trinajstić information content (AvgIpc) is 3.17. The molecule has 2 rings (SSSR count). The first-order chi connectivity index (χ1) is 8.83. The summed E-state index contributed by atoms with van der Waals surface area (Å²) in [6.07, 6.45) is 2.78. The molecule has 0 atom stereocenters. The van der Waals surface area contributed by atoms with E-state index in [1.165, 1.54) is 18.4 Å². The van der Waals surface area contributed by atoms with Crippen LogP contribution in [0.2, 0.25) is 0 Å². The Morgan fingerprint density at radius 1 is 1.11 bits per heavy atom. The van der Waals surface area contributed by atoms with Gasteiger partial charge in [0.05, 0.1) is 13.2 Å². The van der Waals surface area contributed by atoms with Gasteiger partial charge in [-0.2, -0.15) is 0 Å². The molecule has 1 N–H and O–H groups in total. The fourth-order valence-corrected chi connectivity index (χ4v) is 1.95. The van der Waals surface area contributed by atoms with Crippen molar-refractivity contribution in [1.82, 2.24) is 5.32 Å². The van der Waals surface area contributed by atoms with Gasteiger partial charge in [0.25, 0.3) is 0 Å². The molecule has 0 bridgehead atoms. The molecule has 100 valence electrons. The number of hydrogen-bond donors (Lipinski definition) is 1. The summed E-state index contributed by atoms with van der Waals surface area (Å²) in [6.45, 7) is 7.35. The highest BCUT2D eigenvalue weighted by atomic mass is 16.5.